The van der Waals surface area contributed by atoms with Crippen LogP contribution < -0.4 is 4.90 Å². The fraction of sp³-hybridized carbons (Fsp3) is 0.625. The van der Waals surface area contributed by atoms with Crippen molar-refractivity contribution >= 4 is 17.3 Å². The second-order valence-corrected chi connectivity index (χ2v) is 4.05. The molecule has 2 heterocycles. The van der Waals surface area contributed by atoms with E-state index in [2.05, 4.69) is 10.2 Å². The molecule has 0 aromatic carbocycles. The molecular weight excluding hydrogens is 244 g/mol. The number of hydrogen-bond donors (Lipinski definition) is 1. The molecular formula is C8H12N6O4. The van der Waals surface area contributed by atoms with Gasteiger partial charge in [-0.1, -0.05) is 0 Å². The minimum atomic E-state index is -0.711. The number of hydrogen-bond acceptors (Lipinski definition) is 7. The molecule has 0 spiro atoms. The molecule has 0 amide bonds. The molecule has 0 radical (unpaired) electrons. The first-order chi connectivity index (χ1) is 8.50. The number of nitrogens with zero attached hydrogens (tertiary/aromatic N) is 5. The number of aromatic amines is 1. The minimum Gasteiger partial charge on any atom is -0.358 e. The molecule has 0 saturated carbocycles. The number of aromatic nitrogens is 2. The van der Waals surface area contributed by atoms with Crippen LogP contribution in [0.3, 0.4) is 0 Å². The average Bonchev–Trinajstić information content (AvgIpc) is 2.74. The molecule has 98 valence electrons. The van der Waals surface area contributed by atoms with Crippen LogP contribution in [0.4, 0.5) is 17.3 Å². The van der Waals surface area contributed by atoms with Crippen LogP contribution in [0.15, 0.2) is 0 Å². The largest absolute Gasteiger partial charge is 0.443 e. The van der Waals surface area contributed by atoms with E-state index in [4.69, 9.17) is 0 Å². The van der Waals surface area contributed by atoms with Crippen LogP contribution in [-0.4, -0.2) is 58.2 Å². The van der Waals surface area contributed by atoms with Crippen LogP contribution in [0.5, 0.6) is 0 Å². The lowest BCUT2D eigenvalue weighted by Crippen LogP contribution is -2.44. The predicted molar refractivity (Wildman–Crippen MR) is 61.6 cm³/mol. The van der Waals surface area contributed by atoms with Gasteiger partial charge in [-0.25, -0.2) is 0 Å². The lowest BCUT2D eigenvalue weighted by Gasteiger charge is -2.32. The molecule has 1 fully saturated rings. The van der Waals surface area contributed by atoms with Crippen molar-refractivity contribution in [2.45, 2.75) is 0 Å². The first kappa shape index (κ1) is 12.2. The van der Waals surface area contributed by atoms with Crippen molar-refractivity contribution in [1.29, 1.82) is 0 Å². The van der Waals surface area contributed by atoms with Gasteiger partial charge in [0.2, 0.25) is 5.69 Å². The zero-order valence-electron chi connectivity index (χ0n) is 9.70. The zero-order valence-corrected chi connectivity index (χ0v) is 9.70. The van der Waals surface area contributed by atoms with Crippen molar-refractivity contribution in [3.05, 3.63) is 20.2 Å². The van der Waals surface area contributed by atoms with Crippen LogP contribution in [0.25, 0.3) is 0 Å². The molecule has 1 aromatic heterocycles. The molecule has 10 nitrogen and oxygen atoms in total. The van der Waals surface area contributed by atoms with Crippen molar-refractivity contribution in [2.75, 3.05) is 38.1 Å². The van der Waals surface area contributed by atoms with Crippen LogP contribution in [-0.2, 0) is 0 Å². The molecule has 0 atom stereocenters. The van der Waals surface area contributed by atoms with Crippen molar-refractivity contribution in [3.8, 4) is 0 Å². The molecule has 0 unspecified atom stereocenters. The first-order valence-electron chi connectivity index (χ1n) is 5.31. The second kappa shape index (κ2) is 4.56. The maximum absolute atomic E-state index is 10.8. The molecule has 1 N–H and O–H groups in total. The van der Waals surface area contributed by atoms with Gasteiger partial charge in [-0.15, -0.1) is 0 Å². The Hall–Kier alpha value is -2.23. The third-order valence-electron chi connectivity index (χ3n) is 2.88. The van der Waals surface area contributed by atoms with Crippen molar-refractivity contribution in [3.63, 3.8) is 0 Å². The quantitative estimate of drug-likeness (QED) is 0.595. The molecule has 1 saturated heterocycles. The van der Waals surface area contributed by atoms with E-state index >= 15 is 0 Å². The van der Waals surface area contributed by atoms with E-state index in [0.717, 1.165) is 0 Å². The fourth-order valence-corrected chi connectivity index (χ4v) is 1.89. The van der Waals surface area contributed by atoms with Gasteiger partial charge < -0.3 is 30.0 Å². The lowest BCUT2D eigenvalue weighted by atomic mass is 10.3. The summed E-state index contributed by atoms with van der Waals surface area (Å²) in [5.74, 6) is -0.919. The third-order valence-corrected chi connectivity index (χ3v) is 2.88. The topological polar surface area (TPSA) is 121 Å². The molecule has 10 heteroatoms. The molecule has 0 aliphatic carbocycles. The number of nitro groups is 2. The third kappa shape index (κ3) is 2.09. The maximum atomic E-state index is 10.8. The monoisotopic (exact) mass is 256 g/mol. The predicted octanol–water partition coefficient (Wildman–Crippen LogP) is -0.0221. The Labute approximate surface area is 101 Å². The van der Waals surface area contributed by atoms with Crippen LogP contribution in [0.1, 0.15) is 0 Å². The van der Waals surface area contributed by atoms with E-state index < -0.39 is 21.5 Å². The van der Waals surface area contributed by atoms with Gasteiger partial charge >= 0.3 is 11.6 Å². The Morgan fingerprint density at radius 2 is 1.78 bits per heavy atom. The van der Waals surface area contributed by atoms with E-state index in [1.807, 2.05) is 11.9 Å². The van der Waals surface area contributed by atoms with Gasteiger partial charge in [0.05, 0.1) is 0 Å². The maximum Gasteiger partial charge on any atom is 0.443 e. The number of piperazine rings is 1. The summed E-state index contributed by atoms with van der Waals surface area (Å²) in [7, 11) is 1.93. The Kier molecular flexibility index (Phi) is 3.10. The van der Waals surface area contributed by atoms with E-state index in [1.165, 1.54) is 0 Å². The SMILES string of the molecule is CN1CCN(c2c([N+](=O)[O-])n[nH]c2[N+](=O)[O-])CC1. The van der Waals surface area contributed by atoms with E-state index in [9.17, 15) is 20.2 Å². The Bertz CT molecular complexity index is 446. The lowest BCUT2D eigenvalue weighted by molar-refractivity contribution is -0.392. The minimum absolute atomic E-state index is 0.0295. The standard InChI is InChI=1S/C8H12N6O4/c1-11-2-4-12(5-3-11)6-7(13(15)16)9-10-8(6)14(17)18/h2-5H2,1H3,(H,9,10). The molecule has 2 rings (SSSR count). The Balaban J connectivity index is 2.37. The normalized spacial score (nSPS) is 16.8. The molecule has 18 heavy (non-hydrogen) atoms. The van der Waals surface area contributed by atoms with Gasteiger partial charge in [-0.05, 0) is 22.0 Å². The highest BCUT2D eigenvalue weighted by molar-refractivity contribution is 5.70. The summed E-state index contributed by atoms with van der Waals surface area (Å²) in [6.07, 6.45) is 0. The van der Waals surface area contributed by atoms with Gasteiger partial charge in [0, 0.05) is 26.2 Å². The van der Waals surface area contributed by atoms with Crippen LogP contribution in [0.2, 0.25) is 0 Å². The van der Waals surface area contributed by atoms with Gasteiger partial charge in [-0.2, -0.15) is 0 Å². The highest BCUT2D eigenvalue weighted by atomic mass is 16.6. The number of likely N-dealkylation sites (N-methyl/N-ethyl adjacent to an activating group) is 1. The Morgan fingerprint density at radius 1 is 1.17 bits per heavy atom. The summed E-state index contributed by atoms with van der Waals surface area (Å²) in [6.45, 7) is 2.38. The number of nitrogens with one attached hydrogen (secondary N) is 1. The van der Waals surface area contributed by atoms with E-state index in [-0.39, 0.29) is 5.69 Å². The Morgan fingerprint density at radius 3 is 2.28 bits per heavy atom. The smallest absolute Gasteiger partial charge is 0.358 e. The average molecular weight is 256 g/mol. The number of anilines is 1. The molecule has 1 aliphatic rings. The number of H-pyrrole nitrogens is 1. The van der Waals surface area contributed by atoms with Crippen molar-refractivity contribution < 1.29 is 9.85 Å². The van der Waals surface area contributed by atoms with E-state index in [1.54, 1.807) is 4.90 Å². The molecule has 0 bridgehead atoms. The summed E-state index contributed by atoms with van der Waals surface area (Å²) in [5.41, 5.74) is -0.0295. The fourth-order valence-electron chi connectivity index (χ4n) is 1.89. The highest BCUT2D eigenvalue weighted by Gasteiger charge is 2.36. The number of rotatable bonds is 3. The van der Waals surface area contributed by atoms with Gasteiger partial charge in [0.25, 0.3) is 0 Å². The summed E-state index contributed by atoms with van der Waals surface area (Å²) >= 11 is 0. The molecule has 1 aliphatic heterocycles. The van der Waals surface area contributed by atoms with Gasteiger partial charge in [-0.3, -0.25) is 0 Å². The second-order valence-electron chi connectivity index (χ2n) is 4.05. The van der Waals surface area contributed by atoms with E-state index in [0.29, 0.717) is 26.2 Å². The summed E-state index contributed by atoms with van der Waals surface area (Å²) < 4.78 is 0. The zero-order chi connectivity index (χ0) is 13.3. The van der Waals surface area contributed by atoms with Crippen LogP contribution >= 0.6 is 0 Å². The van der Waals surface area contributed by atoms with Gasteiger partial charge in [0.1, 0.15) is 5.10 Å². The summed E-state index contributed by atoms with van der Waals surface area (Å²) in [4.78, 5) is 23.9. The summed E-state index contributed by atoms with van der Waals surface area (Å²) in [6, 6.07) is 0. The van der Waals surface area contributed by atoms with Crippen LogP contribution in [0, 0.1) is 20.2 Å². The van der Waals surface area contributed by atoms with Crippen molar-refractivity contribution in [2.24, 2.45) is 0 Å². The van der Waals surface area contributed by atoms with Crippen molar-refractivity contribution in [1.82, 2.24) is 15.1 Å². The van der Waals surface area contributed by atoms with Gasteiger partial charge in [0.15, 0.2) is 0 Å². The first-order valence-corrected chi connectivity index (χ1v) is 5.31. The summed E-state index contributed by atoms with van der Waals surface area (Å²) in [5, 5.41) is 27.2. The highest BCUT2D eigenvalue weighted by Crippen LogP contribution is 2.35. The molecule has 1 aromatic rings.